The molecular formula is C19H21NO3. The zero-order valence-corrected chi connectivity index (χ0v) is 13.9. The second-order valence-electron chi connectivity index (χ2n) is 5.13. The summed E-state index contributed by atoms with van der Waals surface area (Å²) in [7, 11) is 4.96. The van der Waals surface area contributed by atoms with Gasteiger partial charge < -0.3 is 14.4 Å². The van der Waals surface area contributed by atoms with Crippen LogP contribution in [-0.2, 0) is 4.79 Å². The van der Waals surface area contributed by atoms with Crippen molar-refractivity contribution in [1.82, 2.24) is 0 Å². The Balaban J connectivity index is 2.27. The fourth-order valence-electron chi connectivity index (χ4n) is 2.26. The van der Waals surface area contributed by atoms with Gasteiger partial charge in [0.2, 0.25) is 0 Å². The molecule has 4 heteroatoms. The van der Waals surface area contributed by atoms with E-state index >= 15 is 0 Å². The molecule has 0 spiro atoms. The molecule has 0 bridgehead atoms. The van der Waals surface area contributed by atoms with Crippen LogP contribution >= 0.6 is 0 Å². The molecule has 0 radical (unpaired) electrons. The molecule has 2 rings (SSSR count). The normalized spacial score (nSPS) is 11.0. The SMILES string of the molecule is COc1ccc(/C(C)=C/C(=O)N(C)c2ccccc2)c(OC)c1. The van der Waals surface area contributed by atoms with Crippen molar-refractivity contribution in [3.8, 4) is 11.5 Å². The second-order valence-corrected chi connectivity index (χ2v) is 5.13. The molecule has 23 heavy (non-hydrogen) atoms. The Morgan fingerprint density at radius 2 is 1.74 bits per heavy atom. The number of rotatable bonds is 5. The molecule has 120 valence electrons. The number of hydrogen-bond acceptors (Lipinski definition) is 3. The van der Waals surface area contributed by atoms with E-state index in [0.29, 0.717) is 11.5 Å². The Morgan fingerprint density at radius 1 is 1.04 bits per heavy atom. The van der Waals surface area contributed by atoms with E-state index in [0.717, 1.165) is 16.8 Å². The van der Waals surface area contributed by atoms with E-state index in [1.165, 1.54) is 0 Å². The highest BCUT2D eigenvalue weighted by Crippen LogP contribution is 2.30. The summed E-state index contributed by atoms with van der Waals surface area (Å²) in [5.41, 5.74) is 2.55. The van der Waals surface area contributed by atoms with Crippen LogP contribution in [0.25, 0.3) is 5.57 Å². The molecular weight excluding hydrogens is 290 g/mol. The molecule has 0 N–H and O–H groups in total. The van der Waals surface area contributed by atoms with Crippen molar-refractivity contribution >= 4 is 17.2 Å². The van der Waals surface area contributed by atoms with Crippen LogP contribution in [0.5, 0.6) is 11.5 Å². The van der Waals surface area contributed by atoms with E-state index in [1.54, 1.807) is 38.3 Å². The van der Waals surface area contributed by atoms with Gasteiger partial charge in [0.25, 0.3) is 5.91 Å². The number of anilines is 1. The van der Waals surface area contributed by atoms with E-state index in [9.17, 15) is 4.79 Å². The lowest BCUT2D eigenvalue weighted by molar-refractivity contribution is -0.113. The summed E-state index contributed by atoms with van der Waals surface area (Å²) >= 11 is 0. The molecule has 0 heterocycles. The van der Waals surface area contributed by atoms with Crippen molar-refractivity contribution < 1.29 is 14.3 Å². The minimum absolute atomic E-state index is 0.0911. The van der Waals surface area contributed by atoms with Crippen molar-refractivity contribution in [3.05, 3.63) is 60.2 Å². The summed E-state index contributed by atoms with van der Waals surface area (Å²) in [4.78, 5) is 14.0. The standard InChI is InChI=1S/C19H21NO3/c1-14(17-11-10-16(22-3)13-18(17)23-4)12-19(21)20(2)15-8-6-5-7-9-15/h5-13H,1-4H3/b14-12+. The van der Waals surface area contributed by atoms with Gasteiger partial charge in [-0.3, -0.25) is 4.79 Å². The summed E-state index contributed by atoms with van der Waals surface area (Å²) in [6.45, 7) is 1.89. The highest BCUT2D eigenvalue weighted by atomic mass is 16.5. The Labute approximate surface area is 137 Å². The van der Waals surface area contributed by atoms with E-state index in [4.69, 9.17) is 9.47 Å². The molecule has 0 aromatic heterocycles. The molecule has 0 aliphatic heterocycles. The Kier molecular flexibility index (Phi) is 5.41. The summed E-state index contributed by atoms with van der Waals surface area (Å²) in [5, 5.41) is 0. The molecule has 0 saturated heterocycles. The van der Waals surface area contributed by atoms with Crippen molar-refractivity contribution in [2.24, 2.45) is 0 Å². The predicted molar refractivity (Wildman–Crippen MR) is 93.0 cm³/mol. The third kappa shape index (κ3) is 3.92. The smallest absolute Gasteiger partial charge is 0.250 e. The number of hydrogen-bond donors (Lipinski definition) is 0. The minimum atomic E-state index is -0.0911. The van der Waals surface area contributed by atoms with Gasteiger partial charge in [-0.05, 0) is 36.8 Å². The number of nitrogens with zero attached hydrogens (tertiary/aromatic N) is 1. The zero-order valence-electron chi connectivity index (χ0n) is 13.9. The van der Waals surface area contributed by atoms with Gasteiger partial charge in [-0.1, -0.05) is 18.2 Å². The van der Waals surface area contributed by atoms with Gasteiger partial charge >= 0.3 is 0 Å². The number of allylic oxidation sites excluding steroid dienone is 1. The van der Waals surface area contributed by atoms with Crippen LogP contribution in [0.3, 0.4) is 0 Å². The van der Waals surface area contributed by atoms with E-state index in [2.05, 4.69) is 0 Å². The summed E-state index contributed by atoms with van der Waals surface area (Å²) in [6, 6.07) is 15.1. The van der Waals surface area contributed by atoms with Crippen LogP contribution in [0.1, 0.15) is 12.5 Å². The first-order valence-corrected chi connectivity index (χ1v) is 7.30. The molecule has 0 fully saturated rings. The maximum Gasteiger partial charge on any atom is 0.250 e. The quantitative estimate of drug-likeness (QED) is 0.789. The van der Waals surface area contributed by atoms with Gasteiger partial charge in [-0.15, -0.1) is 0 Å². The fraction of sp³-hybridized carbons (Fsp3) is 0.211. The van der Waals surface area contributed by atoms with E-state index < -0.39 is 0 Å². The largest absolute Gasteiger partial charge is 0.497 e. The maximum atomic E-state index is 12.4. The molecule has 1 amide bonds. The third-order valence-electron chi connectivity index (χ3n) is 3.65. The maximum absolute atomic E-state index is 12.4. The monoisotopic (exact) mass is 311 g/mol. The van der Waals surface area contributed by atoms with Crippen LogP contribution in [0.4, 0.5) is 5.69 Å². The summed E-state index contributed by atoms with van der Waals surface area (Å²) in [5.74, 6) is 1.30. The number of benzene rings is 2. The van der Waals surface area contributed by atoms with Gasteiger partial charge in [-0.2, -0.15) is 0 Å². The first-order valence-electron chi connectivity index (χ1n) is 7.30. The molecule has 2 aromatic rings. The van der Waals surface area contributed by atoms with Gasteiger partial charge in [-0.25, -0.2) is 0 Å². The number of carbonyl (C=O) groups is 1. The molecule has 0 aliphatic rings. The average Bonchev–Trinajstić information content (AvgIpc) is 2.60. The lowest BCUT2D eigenvalue weighted by Crippen LogP contribution is -2.24. The van der Waals surface area contributed by atoms with E-state index in [1.807, 2.05) is 49.4 Å². The number of methoxy groups -OCH3 is 2. The topological polar surface area (TPSA) is 38.8 Å². The van der Waals surface area contributed by atoms with Gasteiger partial charge in [0.1, 0.15) is 11.5 Å². The van der Waals surface area contributed by atoms with Crippen molar-refractivity contribution in [2.45, 2.75) is 6.92 Å². The lowest BCUT2D eigenvalue weighted by atomic mass is 10.1. The van der Waals surface area contributed by atoms with Crippen LogP contribution in [-0.4, -0.2) is 27.2 Å². The minimum Gasteiger partial charge on any atom is -0.497 e. The van der Waals surface area contributed by atoms with Crippen molar-refractivity contribution in [2.75, 3.05) is 26.2 Å². The fourth-order valence-corrected chi connectivity index (χ4v) is 2.26. The molecule has 0 atom stereocenters. The number of likely N-dealkylation sites (N-methyl/N-ethyl adjacent to an activating group) is 1. The first-order chi connectivity index (χ1) is 11.1. The highest BCUT2D eigenvalue weighted by Gasteiger charge is 2.11. The van der Waals surface area contributed by atoms with Crippen LogP contribution in [0, 0.1) is 0 Å². The predicted octanol–water partition coefficient (Wildman–Crippen LogP) is 3.77. The summed E-state index contributed by atoms with van der Waals surface area (Å²) < 4.78 is 10.6. The third-order valence-corrected chi connectivity index (χ3v) is 3.65. The lowest BCUT2D eigenvalue weighted by Gasteiger charge is -2.16. The molecule has 0 unspecified atom stereocenters. The van der Waals surface area contributed by atoms with Gasteiger partial charge in [0.15, 0.2) is 0 Å². The van der Waals surface area contributed by atoms with E-state index in [-0.39, 0.29) is 5.91 Å². The average molecular weight is 311 g/mol. The van der Waals surface area contributed by atoms with Gasteiger partial charge in [0, 0.05) is 30.4 Å². The summed E-state index contributed by atoms with van der Waals surface area (Å²) in [6.07, 6.45) is 1.61. The molecule has 0 saturated carbocycles. The van der Waals surface area contributed by atoms with Gasteiger partial charge in [0.05, 0.1) is 14.2 Å². The molecule has 0 aliphatic carbocycles. The molecule has 2 aromatic carbocycles. The Bertz CT molecular complexity index is 708. The van der Waals surface area contributed by atoms with Crippen LogP contribution < -0.4 is 14.4 Å². The van der Waals surface area contributed by atoms with Crippen LogP contribution in [0.2, 0.25) is 0 Å². The number of para-hydroxylation sites is 1. The zero-order chi connectivity index (χ0) is 16.8. The number of ether oxygens (including phenoxy) is 2. The molecule has 4 nitrogen and oxygen atoms in total. The van der Waals surface area contributed by atoms with Crippen LogP contribution in [0.15, 0.2) is 54.6 Å². The Morgan fingerprint density at radius 3 is 2.35 bits per heavy atom. The van der Waals surface area contributed by atoms with Crippen molar-refractivity contribution in [1.29, 1.82) is 0 Å². The van der Waals surface area contributed by atoms with Crippen molar-refractivity contribution in [3.63, 3.8) is 0 Å². The number of carbonyl (C=O) groups excluding carboxylic acids is 1. The number of amides is 1. The second kappa shape index (κ2) is 7.49. The highest BCUT2D eigenvalue weighted by molar-refractivity contribution is 6.05. The first kappa shape index (κ1) is 16.6. The Hall–Kier alpha value is -2.75.